The van der Waals surface area contributed by atoms with E-state index in [1.54, 1.807) is 0 Å². The molecular weight excluding hydrogens is 262 g/mol. The third kappa shape index (κ3) is 3.82. The fraction of sp³-hybridized carbons (Fsp3) is 0.647. The quantitative estimate of drug-likeness (QED) is 0.784. The average molecular weight is 291 g/mol. The van der Waals surface area contributed by atoms with E-state index < -0.39 is 0 Å². The first kappa shape index (κ1) is 16.0. The van der Waals surface area contributed by atoms with Crippen LogP contribution in [0.2, 0.25) is 0 Å². The van der Waals surface area contributed by atoms with E-state index in [-0.39, 0.29) is 0 Å². The topological polar surface area (TPSA) is 41.7 Å². The van der Waals surface area contributed by atoms with E-state index in [0.29, 0.717) is 12.6 Å². The van der Waals surface area contributed by atoms with Gasteiger partial charge in [0.05, 0.1) is 18.0 Å². The van der Waals surface area contributed by atoms with Gasteiger partial charge < -0.3 is 15.4 Å². The fourth-order valence-electron chi connectivity index (χ4n) is 3.14. The van der Waals surface area contributed by atoms with E-state index in [9.17, 15) is 0 Å². The van der Waals surface area contributed by atoms with Crippen molar-refractivity contribution in [3.63, 3.8) is 0 Å². The first-order valence-electron chi connectivity index (χ1n) is 8.13. The minimum atomic E-state index is 0.639. The largest absolute Gasteiger partial charge is 0.491 e. The number of benzene rings is 1. The summed E-state index contributed by atoms with van der Waals surface area (Å²) in [5, 5.41) is 0. The highest BCUT2D eigenvalue weighted by molar-refractivity contribution is 5.73. The monoisotopic (exact) mass is 291 g/mol. The Balaban J connectivity index is 2.06. The Hall–Kier alpha value is -1.42. The molecule has 0 aliphatic carbocycles. The van der Waals surface area contributed by atoms with Crippen LogP contribution in [0.15, 0.2) is 18.2 Å². The molecule has 1 aliphatic heterocycles. The summed E-state index contributed by atoms with van der Waals surface area (Å²) in [7, 11) is 2.13. The molecule has 4 heteroatoms. The molecule has 1 aromatic rings. The van der Waals surface area contributed by atoms with Gasteiger partial charge in [-0.2, -0.15) is 0 Å². The summed E-state index contributed by atoms with van der Waals surface area (Å²) >= 11 is 0. The van der Waals surface area contributed by atoms with E-state index >= 15 is 0 Å². The van der Waals surface area contributed by atoms with Crippen molar-refractivity contribution in [3.8, 4) is 5.75 Å². The van der Waals surface area contributed by atoms with E-state index in [1.165, 1.54) is 19.4 Å². The first-order chi connectivity index (χ1) is 10.2. The lowest BCUT2D eigenvalue weighted by atomic mass is 10.1. The van der Waals surface area contributed by atoms with Crippen LogP contribution >= 0.6 is 0 Å². The number of nitrogens with two attached hydrogens (primary N) is 1. The molecule has 1 aromatic carbocycles. The predicted molar refractivity (Wildman–Crippen MR) is 90.2 cm³/mol. The van der Waals surface area contributed by atoms with Gasteiger partial charge in [0, 0.05) is 19.6 Å². The van der Waals surface area contributed by atoms with Gasteiger partial charge in [-0.3, -0.25) is 4.90 Å². The lowest BCUT2D eigenvalue weighted by Crippen LogP contribution is -2.38. The van der Waals surface area contributed by atoms with Gasteiger partial charge in [0.15, 0.2) is 0 Å². The molecule has 0 aromatic heterocycles. The van der Waals surface area contributed by atoms with Crippen LogP contribution in [0.3, 0.4) is 0 Å². The highest BCUT2D eigenvalue weighted by atomic mass is 16.5. The molecule has 0 radical (unpaired) electrons. The molecule has 21 heavy (non-hydrogen) atoms. The number of nitrogen functional groups attached to an aromatic ring is 1. The Kier molecular flexibility index (Phi) is 5.74. The summed E-state index contributed by atoms with van der Waals surface area (Å²) in [6.45, 7) is 8.44. The summed E-state index contributed by atoms with van der Waals surface area (Å²) in [5.41, 5.74) is 8.12. The maximum Gasteiger partial charge on any atom is 0.144 e. The number of nitrogens with zero attached hydrogens (tertiary/aromatic N) is 2. The molecule has 0 amide bonds. The summed E-state index contributed by atoms with van der Waals surface area (Å²) in [5.74, 6) is 0.806. The summed E-state index contributed by atoms with van der Waals surface area (Å²) in [6.07, 6.45) is 3.58. The second-order valence-electron chi connectivity index (χ2n) is 5.84. The van der Waals surface area contributed by atoms with Crippen molar-refractivity contribution in [2.45, 2.75) is 39.2 Å². The number of ether oxygens (including phenoxy) is 1. The molecule has 1 fully saturated rings. The highest BCUT2D eigenvalue weighted by Crippen LogP contribution is 2.32. The predicted octanol–water partition coefficient (Wildman–Crippen LogP) is 2.98. The molecule has 1 heterocycles. The Labute approximate surface area is 128 Å². The van der Waals surface area contributed by atoms with Crippen LogP contribution in [0.25, 0.3) is 0 Å². The molecule has 118 valence electrons. The number of rotatable bonds is 7. The van der Waals surface area contributed by atoms with Crippen molar-refractivity contribution in [2.24, 2.45) is 0 Å². The van der Waals surface area contributed by atoms with E-state index in [4.69, 9.17) is 10.5 Å². The Morgan fingerprint density at radius 1 is 1.38 bits per heavy atom. The molecule has 2 rings (SSSR count). The lowest BCUT2D eigenvalue weighted by Gasteiger charge is -2.30. The molecule has 2 N–H and O–H groups in total. The highest BCUT2D eigenvalue weighted by Gasteiger charge is 2.24. The number of hydrogen-bond donors (Lipinski definition) is 1. The first-order valence-corrected chi connectivity index (χ1v) is 8.13. The van der Waals surface area contributed by atoms with Crippen molar-refractivity contribution in [2.75, 3.05) is 43.9 Å². The molecule has 1 atom stereocenters. The molecule has 1 unspecified atom stereocenters. The maximum absolute atomic E-state index is 6.29. The molecule has 1 aliphatic rings. The molecule has 0 bridgehead atoms. The van der Waals surface area contributed by atoms with Gasteiger partial charge in [-0.05, 0) is 44.5 Å². The van der Waals surface area contributed by atoms with Gasteiger partial charge in [0.2, 0.25) is 0 Å². The molecule has 0 spiro atoms. The number of para-hydroxylation sites is 1. The Morgan fingerprint density at radius 3 is 2.90 bits per heavy atom. The van der Waals surface area contributed by atoms with Crippen molar-refractivity contribution in [3.05, 3.63) is 18.2 Å². The van der Waals surface area contributed by atoms with Crippen molar-refractivity contribution in [1.29, 1.82) is 0 Å². The van der Waals surface area contributed by atoms with Crippen LogP contribution in [-0.2, 0) is 0 Å². The second kappa shape index (κ2) is 7.55. The minimum Gasteiger partial charge on any atom is -0.491 e. The van der Waals surface area contributed by atoms with Crippen molar-refractivity contribution >= 4 is 11.4 Å². The number of likely N-dealkylation sites (N-methyl/N-ethyl adjacent to an activating group) is 2. The lowest BCUT2D eigenvalue weighted by molar-refractivity contribution is 0.270. The van der Waals surface area contributed by atoms with Crippen molar-refractivity contribution in [1.82, 2.24) is 4.90 Å². The summed E-state index contributed by atoms with van der Waals surface area (Å²) in [4.78, 5) is 4.83. The third-order valence-electron chi connectivity index (χ3n) is 4.31. The smallest absolute Gasteiger partial charge is 0.144 e. The Bertz CT molecular complexity index is 450. The minimum absolute atomic E-state index is 0.639. The maximum atomic E-state index is 6.29. The average Bonchev–Trinajstić information content (AvgIpc) is 2.93. The zero-order chi connectivity index (χ0) is 15.2. The van der Waals surface area contributed by atoms with E-state index in [2.05, 4.69) is 36.8 Å². The normalized spacial score (nSPS) is 18.9. The van der Waals surface area contributed by atoms with Crippen LogP contribution in [0.1, 0.15) is 33.1 Å². The van der Waals surface area contributed by atoms with Gasteiger partial charge >= 0.3 is 0 Å². The molecule has 0 saturated carbocycles. The standard InChI is InChI=1S/C17H29N3O/c1-4-12-21-16-10-6-9-15(17(16)18)19(3)13-14-8-7-11-20(14)5-2/h6,9-10,14H,4-5,7-8,11-13,18H2,1-3H3. The van der Waals surface area contributed by atoms with Crippen LogP contribution in [0, 0.1) is 0 Å². The SMILES string of the molecule is CCCOc1cccc(N(C)CC2CCCN2CC)c1N. The van der Waals surface area contributed by atoms with Gasteiger partial charge in [0.25, 0.3) is 0 Å². The molecular formula is C17H29N3O. The third-order valence-corrected chi connectivity index (χ3v) is 4.31. The zero-order valence-electron chi connectivity index (χ0n) is 13.6. The zero-order valence-corrected chi connectivity index (χ0v) is 13.6. The summed E-state index contributed by atoms with van der Waals surface area (Å²) in [6, 6.07) is 6.70. The van der Waals surface area contributed by atoms with Gasteiger partial charge in [0.1, 0.15) is 5.75 Å². The van der Waals surface area contributed by atoms with Gasteiger partial charge in [-0.15, -0.1) is 0 Å². The molecule has 1 saturated heterocycles. The van der Waals surface area contributed by atoms with Crippen LogP contribution in [0.4, 0.5) is 11.4 Å². The van der Waals surface area contributed by atoms with Gasteiger partial charge in [-0.1, -0.05) is 19.9 Å². The number of hydrogen-bond acceptors (Lipinski definition) is 4. The van der Waals surface area contributed by atoms with Crippen molar-refractivity contribution < 1.29 is 4.74 Å². The Morgan fingerprint density at radius 2 is 2.19 bits per heavy atom. The van der Waals surface area contributed by atoms with E-state index in [0.717, 1.165) is 36.6 Å². The van der Waals surface area contributed by atoms with Crippen LogP contribution in [-0.4, -0.2) is 44.2 Å². The fourth-order valence-corrected chi connectivity index (χ4v) is 3.14. The van der Waals surface area contributed by atoms with Crippen LogP contribution < -0.4 is 15.4 Å². The van der Waals surface area contributed by atoms with Gasteiger partial charge in [-0.25, -0.2) is 0 Å². The summed E-state index contributed by atoms with van der Waals surface area (Å²) < 4.78 is 5.73. The number of anilines is 2. The second-order valence-corrected chi connectivity index (χ2v) is 5.84. The van der Waals surface area contributed by atoms with E-state index in [1.807, 2.05) is 12.1 Å². The molecule has 4 nitrogen and oxygen atoms in total. The number of likely N-dealkylation sites (tertiary alicyclic amines) is 1. The van der Waals surface area contributed by atoms with Crippen LogP contribution in [0.5, 0.6) is 5.75 Å².